The third-order valence-electron chi connectivity index (χ3n) is 6.88. The fourth-order valence-electron chi connectivity index (χ4n) is 4.58. The number of benzene rings is 2. The Hall–Kier alpha value is -1.06. The predicted molar refractivity (Wildman–Crippen MR) is 139 cm³/mol. The maximum absolute atomic E-state index is 14.9. The largest absolute Gasteiger partial charge is 0.493 e. The van der Waals surface area contributed by atoms with Crippen molar-refractivity contribution in [3.05, 3.63) is 62.9 Å². The van der Waals surface area contributed by atoms with E-state index in [1.54, 1.807) is 12.1 Å². The SMILES string of the molecule is ON(NCc1cc(C2CC2)c(OCC2CCN(Cc3cc(Cl)cc(Cl)c3)CC2)cc1F)SC1CC1. The molecule has 35 heavy (non-hydrogen) atoms. The summed E-state index contributed by atoms with van der Waals surface area (Å²) in [6.45, 7) is 3.67. The molecule has 5 nitrogen and oxygen atoms in total. The average molecular weight is 541 g/mol. The third kappa shape index (κ3) is 7.48. The maximum Gasteiger partial charge on any atom is 0.131 e. The van der Waals surface area contributed by atoms with Crippen LogP contribution in [-0.2, 0) is 13.1 Å². The molecule has 0 bridgehead atoms. The Kier molecular flexibility index (Phi) is 8.44. The molecule has 2 aromatic rings. The summed E-state index contributed by atoms with van der Waals surface area (Å²) in [5.41, 5.74) is 5.67. The van der Waals surface area contributed by atoms with Gasteiger partial charge in [0.1, 0.15) is 11.6 Å². The summed E-state index contributed by atoms with van der Waals surface area (Å²) in [6, 6.07) is 9.16. The van der Waals surface area contributed by atoms with Crippen LogP contribution in [-0.4, -0.2) is 39.6 Å². The first kappa shape index (κ1) is 25.6. The van der Waals surface area contributed by atoms with E-state index < -0.39 is 0 Å². The van der Waals surface area contributed by atoms with E-state index in [9.17, 15) is 9.60 Å². The normalized spacial score (nSPS) is 19.5. The van der Waals surface area contributed by atoms with E-state index in [0.29, 0.717) is 45.1 Å². The fraction of sp³-hybridized carbons (Fsp3) is 0.538. The van der Waals surface area contributed by atoms with Gasteiger partial charge in [-0.2, -0.15) is 0 Å². The minimum Gasteiger partial charge on any atom is -0.493 e. The number of hydrazine groups is 1. The van der Waals surface area contributed by atoms with Crippen molar-refractivity contribution in [3.8, 4) is 5.75 Å². The van der Waals surface area contributed by atoms with Crippen molar-refractivity contribution < 1.29 is 14.3 Å². The van der Waals surface area contributed by atoms with Gasteiger partial charge in [0.15, 0.2) is 0 Å². The number of hydrogen-bond donors (Lipinski definition) is 2. The molecule has 0 amide bonds. The van der Waals surface area contributed by atoms with Gasteiger partial charge in [0.25, 0.3) is 0 Å². The van der Waals surface area contributed by atoms with E-state index in [-0.39, 0.29) is 12.4 Å². The van der Waals surface area contributed by atoms with Crippen molar-refractivity contribution in [3.63, 3.8) is 0 Å². The molecule has 2 saturated carbocycles. The molecule has 0 atom stereocenters. The van der Waals surface area contributed by atoms with E-state index in [1.165, 1.54) is 11.9 Å². The Bertz CT molecular complexity index is 1010. The van der Waals surface area contributed by atoms with Crippen molar-refractivity contribution >= 4 is 35.1 Å². The molecule has 190 valence electrons. The van der Waals surface area contributed by atoms with Gasteiger partial charge in [-0.1, -0.05) is 27.8 Å². The van der Waals surface area contributed by atoms with Crippen LogP contribution in [0.15, 0.2) is 30.3 Å². The molecule has 0 unspecified atom stereocenters. The van der Waals surface area contributed by atoms with Crippen LogP contribution in [0.4, 0.5) is 4.39 Å². The quantitative estimate of drug-likeness (QED) is 0.241. The molecule has 0 radical (unpaired) electrons. The lowest BCUT2D eigenvalue weighted by molar-refractivity contribution is -0.0346. The smallest absolute Gasteiger partial charge is 0.131 e. The van der Waals surface area contributed by atoms with Crippen molar-refractivity contribution in [1.82, 2.24) is 14.9 Å². The lowest BCUT2D eigenvalue weighted by atomic mass is 9.97. The molecule has 0 spiro atoms. The van der Waals surface area contributed by atoms with Gasteiger partial charge >= 0.3 is 0 Å². The fourth-order valence-corrected chi connectivity index (χ4v) is 5.92. The first-order chi connectivity index (χ1) is 16.9. The number of piperidine rings is 1. The monoisotopic (exact) mass is 539 g/mol. The van der Waals surface area contributed by atoms with E-state index in [0.717, 1.165) is 73.9 Å². The number of rotatable bonds is 11. The third-order valence-corrected chi connectivity index (χ3v) is 8.42. The van der Waals surface area contributed by atoms with Crippen molar-refractivity contribution in [2.24, 2.45) is 5.92 Å². The summed E-state index contributed by atoms with van der Waals surface area (Å²) in [5, 5.41) is 11.7. The zero-order valence-electron chi connectivity index (χ0n) is 19.7. The molecular weight excluding hydrogens is 508 g/mol. The minimum atomic E-state index is -0.295. The molecule has 1 saturated heterocycles. The minimum absolute atomic E-state index is 0.248. The summed E-state index contributed by atoms with van der Waals surface area (Å²) >= 11 is 13.6. The Morgan fingerprint density at radius 3 is 2.40 bits per heavy atom. The number of likely N-dealkylation sites (tertiary alicyclic amines) is 1. The van der Waals surface area contributed by atoms with Crippen LogP contribution in [0.2, 0.25) is 10.0 Å². The van der Waals surface area contributed by atoms with Gasteiger partial charge in [-0.3, -0.25) is 10.1 Å². The number of nitrogens with one attached hydrogen (secondary N) is 1. The zero-order chi connectivity index (χ0) is 24.4. The summed E-state index contributed by atoms with van der Waals surface area (Å²) in [6.07, 6.45) is 6.55. The van der Waals surface area contributed by atoms with Gasteiger partial charge in [0, 0.05) is 40.0 Å². The van der Waals surface area contributed by atoms with Crippen molar-refractivity contribution in [2.75, 3.05) is 19.7 Å². The van der Waals surface area contributed by atoms with E-state index in [4.69, 9.17) is 27.9 Å². The number of hydrogen-bond acceptors (Lipinski definition) is 6. The van der Waals surface area contributed by atoms with Crippen molar-refractivity contribution in [1.29, 1.82) is 0 Å². The first-order valence-corrected chi connectivity index (χ1v) is 14.0. The average Bonchev–Trinajstić information content (AvgIpc) is 3.72. The molecule has 2 aromatic carbocycles. The molecule has 0 aromatic heterocycles. The highest BCUT2D eigenvalue weighted by Gasteiger charge is 2.29. The summed E-state index contributed by atoms with van der Waals surface area (Å²) in [4.78, 5) is 2.42. The first-order valence-electron chi connectivity index (χ1n) is 12.4. The molecule has 5 rings (SSSR count). The molecule has 3 fully saturated rings. The van der Waals surface area contributed by atoms with Crippen LogP contribution < -0.4 is 10.2 Å². The molecular formula is C26H32Cl2FN3O2S. The second kappa shape index (κ2) is 11.5. The van der Waals surface area contributed by atoms with Gasteiger partial charge < -0.3 is 4.74 Å². The number of ether oxygens (including phenoxy) is 1. The van der Waals surface area contributed by atoms with Crippen molar-refractivity contribution in [2.45, 2.75) is 62.8 Å². The Morgan fingerprint density at radius 2 is 1.74 bits per heavy atom. The molecule has 2 aliphatic carbocycles. The highest BCUT2D eigenvalue weighted by atomic mass is 35.5. The molecule has 9 heteroatoms. The summed E-state index contributed by atoms with van der Waals surface area (Å²) < 4.78 is 22.1. The second-order valence-electron chi connectivity index (χ2n) is 9.98. The van der Waals surface area contributed by atoms with Crippen LogP contribution in [0.3, 0.4) is 0 Å². The van der Waals surface area contributed by atoms with Gasteiger partial charge in [-0.25, -0.2) is 9.82 Å². The second-order valence-corrected chi connectivity index (χ2v) is 12.1. The van der Waals surface area contributed by atoms with E-state index in [1.807, 2.05) is 18.2 Å². The summed E-state index contributed by atoms with van der Waals surface area (Å²) in [5.74, 6) is 1.28. The molecule has 2 N–H and O–H groups in total. The van der Waals surface area contributed by atoms with Crippen LogP contribution in [0.25, 0.3) is 0 Å². The van der Waals surface area contributed by atoms with Crippen LogP contribution in [0.5, 0.6) is 5.75 Å². The van der Waals surface area contributed by atoms with E-state index in [2.05, 4.69) is 10.3 Å². The van der Waals surface area contributed by atoms with Gasteiger partial charge in [0.05, 0.1) is 6.61 Å². The molecule has 3 aliphatic rings. The Balaban J connectivity index is 1.13. The zero-order valence-corrected chi connectivity index (χ0v) is 22.0. The molecule has 1 aliphatic heterocycles. The highest BCUT2D eigenvalue weighted by molar-refractivity contribution is 7.97. The predicted octanol–water partition coefficient (Wildman–Crippen LogP) is 6.81. The van der Waals surface area contributed by atoms with Gasteiger partial charge in [-0.05, 0) is 111 Å². The lowest BCUT2D eigenvalue weighted by Gasteiger charge is -2.32. The van der Waals surface area contributed by atoms with E-state index >= 15 is 0 Å². The Morgan fingerprint density at radius 1 is 1.03 bits per heavy atom. The Labute approximate surface area is 221 Å². The number of halogens is 3. The van der Waals surface area contributed by atoms with Crippen LogP contribution in [0.1, 0.15) is 61.1 Å². The topological polar surface area (TPSA) is 48.0 Å². The van der Waals surface area contributed by atoms with Gasteiger partial charge in [0.2, 0.25) is 0 Å². The molecule has 1 heterocycles. The summed E-state index contributed by atoms with van der Waals surface area (Å²) in [7, 11) is 0. The lowest BCUT2D eigenvalue weighted by Crippen LogP contribution is -2.35. The van der Waals surface area contributed by atoms with Crippen LogP contribution >= 0.6 is 35.1 Å². The maximum atomic E-state index is 14.9. The van der Waals surface area contributed by atoms with Gasteiger partial charge in [-0.15, -0.1) is 0 Å². The number of nitrogens with zero attached hydrogens (tertiary/aromatic N) is 2. The standard InChI is InChI=1S/C26H32Cl2FN3O2S/c27-21-9-18(10-22(28)12-21)15-31-7-5-17(6-8-31)16-34-26-13-25(29)20(11-24(26)19-1-2-19)14-30-32(33)35-23-3-4-23/h9-13,17,19,23,30,33H,1-8,14-16H2. The highest BCUT2D eigenvalue weighted by Crippen LogP contribution is 2.45. The van der Waals surface area contributed by atoms with Crippen LogP contribution in [0, 0.1) is 11.7 Å².